The normalized spacial score (nSPS) is 11.5. The maximum Gasteiger partial charge on any atom is 0.328 e. The van der Waals surface area contributed by atoms with E-state index in [1.54, 1.807) is 17.4 Å². The number of likely N-dealkylation sites (N-methyl/N-ethyl adjacent to an activating group) is 1. The van der Waals surface area contributed by atoms with Crippen molar-refractivity contribution in [2.75, 3.05) is 26.3 Å². The summed E-state index contributed by atoms with van der Waals surface area (Å²) in [5, 5.41) is 8.58. The van der Waals surface area contributed by atoms with Crippen LogP contribution in [-0.2, 0) is 16.1 Å². The van der Waals surface area contributed by atoms with Crippen molar-refractivity contribution < 1.29 is 14.6 Å². The number of aliphatic carboxylic acids is 1. The smallest absolute Gasteiger partial charge is 0.328 e. The molecular weight excluding hydrogens is 262 g/mol. The molecule has 0 aliphatic carbocycles. The molecule has 106 valence electrons. The Labute approximate surface area is 118 Å². The second-order valence-electron chi connectivity index (χ2n) is 4.04. The molecule has 1 heterocycles. The highest BCUT2D eigenvalue weighted by molar-refractivity contribution is 7.12. The zero-order chi connectivity index (χ0) is 14.1. The molecule has 1 aromatic heterocycles. The molecule has 0 saturated carbocycles. The van der Waals surface area contributed by atoms with Crippen LogP contribution in [0.4, 0.5) is 0 Å². The molecule has 0 spiro atoms. The molecule has 0 aromatic carbocycles. The quantitative estimate of drug-likeness (QED) is 0.559. The Morgan fingerprint density at radius 2 is 2.26 bits per heavy atom. The first-order valence-corrected chi connectivity index (χ1v) is 7.27. The van der Waals surface area contributed by atoms with Crippen LogP contribution in [0.2, 0.25) is 0 Å². The zero-order valence-corrected chi connectivity index (χ0v) is 12.3. The molecule has 0 saturated heterocycles. The Morgan fingerprint density at radius 1 is 1.47 bits per heavy atom. The SMILES string of the molecule is CCOCCN(CC)Cc1ccc(/C=C/C(=O)O)s1. The third-order valence-electron chi connectivity index (χ3n) is 2.66. The first-order chi connectivity index (χ1) is 9.15. The van der Waals surface area contributed by atoms with Gasteiger partial charge in [0.25, 0.3) is 0 Å². The van der Waals surface area contributed by atoms with Gasteiger partial charge in [-0.1, -0.05) is 6.92 Å². The van der Waals surface area contributed by atoms with E-state index in [1.807, 2.05) is 13.0 Å². The van der Waals surface area contributed by atoms with Gasteiger partial charge >= 0.3 is 5.97 Å². The highest BCUT2D eigenvalue weighted by atomic mass is 32.1. The standard InChI is InChI=1S/C14H21NO3S/c1-3-15(9-10-18-4-2)11-13-6-5-12(19-13)7-8-14(16)17/h5-8H,3-4,9-11H2,1-2H3,(H,16,17)/b8-7+. The van der Waals surface area contributed by atoms with Crippen LogP contribution in [0.15, 0.2) is 18.2 Å². The molecule has 0 amide bonds. The maximum atomic E-state index is 10.4. The van der Waals surface area contributed by atoms with Crippen LogP contribution in [0.5, 0.6) is 0 Å². The zero-order valence-electron chi connectivity index (χ0n) is 11.5. The monoisotopic (exact) mass is 283 g/mol. The molecular formula is C14H21NO3S. The molecule has 0 aliphatic rings. The van der Waals surface area contributed by atoms with Crippen LogP contribution in [-0.4, -0.2) is 42.3 Å². The van der Waals surface area contributed by atoms with Crippen molar-refractivity contribution in [3.63, 3.8) is 0 Å². The fourth-order valence-corrected chi connectivity index (χ4v) is 2.59. The molecule has 1 rings (SSSR count). The van der Waals surface area contributed by atoms with Crippen molar-refractivity contribution in [3.8, 4) is 0 Å². The van der Waals surface area contributed by atoms with Gasteiger partial charge in [-0.3, -0.25) is 4.90 Å². The van der Waals surface area contributed by atoms with Gasteiger partial charge < -0.3 is 9.84 Å². The number of carbonyl (C=O) groups is 1. The average molecular weight is 283 g/mol. The van der Waals surface area contributed by atoms with Gasteiger partial charge in [0, 0.05) is 35.5 Å². The summed E-state index contributed by atoms with van der Waals surface area (Å²) < 4.78 is 5.36. The van der Waals surface area contributed by atoms with Gasteiger partial charge in [-0.2, -0.15) is 0 Å². The Bertz CT molecular complexity index is 415. The van der Waals surface area contributed by atoms with Gasteiger partial charge in [-0.05, 0) is 31.7 Å². The van der Waals surface area contributed by atoms with Gasteiger partial charge in [-0.15, -0.1) is 11.3 Å². The van der Waals surface area contributed by atoms with E-state index in [4.69, 9.17) is 9.84 Å². The summed E-state index contributed by atoms with van der Waals surface area (Å²) in [5.74, 6) is -0.915. The van der Waals surface area contributed by atoms with E-state index in [0.29, 0.717) is 0 Å². The summed E-state index contributed by atoms with van der Waals surface area (Å²) in [7, 11) is 0. The summed E-state index contributed by atoms with van der Waals surface area (Å²) in [5.41, 5.74) is 0. The first-order valence-electron chi connectivity index (χ1n) is 6.45. The van der Waals surface area contributed by atoms with Crippen LogP contribution < -0.4 is 0 Å². The van der Waals surface area contributed by atoms with Crippen molar-refractivity contribution in [1.29, 1.82) is 0 Å². The minimum Gasteiger partial charge on any atom is -0.478 e. The third-order valence-corrected chi connectivity index (χ3v) is 3.69. The molecule has 0 radical (unpaired) electrons. The first kappa shape index (κ1) is 15.9. The molecule has 0 unspecified atom stereocenters. The number of ether oxygens (including phenoxy) is 1. The Morgan fingerprint density at radius 3 is 2.89 bits per heavy atom. The predicted molar refractivity (Wildman–Crippen MR) is 78.4 cm³/mol. The number of carboxylic acids is 1. The highest BCUT2D eigenvalue weighted by Crippen LogP contribution is 2.19. The van der Waals surface area contributed by atoms with E-state index in [2.05, 4.69) is 17.9 Å². The van der Waals surface area contributed by atoms with Gasteiger partial charge in [0.2, 0.25) is 0 Å². The lowest BCUT2D eigenvalue weighted by Gasteiger charge is -2.19. The minimum absolute atomic E-state index is 0.751. The van der Waals surface area contributed by atoms with Crippen molar-refractivity contribution in [3.05, 3.63) is 28.0 Å². The topological polar surface area (TPSA) is 49.8 Å². The van der Waals surface area contributed by atoms with Crippen LogP contribution in [0.25, 0.3) is 6.08 Å². The third kappa shape index (κ3) is 6.52. The molecule has 0 aliphatic heterocycles. The van der Waals surface area contributed by atoms with Crippen LogP contribution >= 0.6 is 11.3 Å². The number of hydrogen-bond acceptors (Lipinski definition) is 4. The summed E-state index contributed by atoms with van der Waals surface area (Å²) in [6, 6.07) is 4.01. The largest absolute Gasteiger partial charge is 0.478 e. The lowest BCUT2D eigenvalue weighted by molar-refractivity contribution is -0.131. The average Bonchev–Trinajstić information content (AvgIpc) is 2.83. The summed E-state index contributed by atoms with van der Waals surface area (Å²) in [6.07, 6.45) is 2.80. The predicted octanol–water partition coefficient (Wildman–Crippen LogP) is 2.70. The number of rotatable bonds is 9. The lowest BCUT2D eigenvalue weighted by Crippen LogP contribution is -2.26. The lowest BCUT2D eigenvalue weighted by atomic mass is 10.3. The molecule has 0 atom stereocenters. The van der Waals surface area contributed by atoms with Crippen LogP contribution in [0, 0.1) is 0 Å². The second-order valence-corrected chi connectivity index (χ2v) is 5.24. The molecule has 4 nitrogen and oxygen atoms in total. The van der Waals surface area contributed by atoms with E-state index in [-0.39, 0.29) is 0 Å². The maximum absolute atomic E-state index is 10.4. The van der Waals surface area contributed by atoms with Gasteiger partial charge in [0.1, 0.15) is 0 Å². The van der Waals surface area contributed by atoms with Crippen molar-refractivity contribution in [2.24, 2.45) is 0 Å². The fraction of sp³-hybridized carbons (Fsp3) is 0.500. The molecule has 0 fully saturated rings. The molecule has 5 heteroatoms. The van der Waals surface area contributed by atoms with Crippen molar-refractivity contribution >= 4 is 23.4 Å². The van der Waals surface area contributed by atoms with Crippen molar-refractivity contribution in [1.82, 2.24) is 4.90 Å². The van der Waals surface area contributed by atoms with Gasteiger partial charge in [0.15, 0.2) is 0 Å². The van der Waals surface area contributed by atoms with E-state index < -0.39 is 5.97 Å². The molecule has 1 N–H and O–H groups in total. The number of nitrogens with zero attached hydrogens (tertiary/aromatic N) is 1. The van der Waals surface area contributed by atoms with Crippen molar-refractivity contribution in [2.45, 2.75) is 20.4 Å². The highest BCUT2D eigenvalue weighted by Gasteiger charge is 2.05. The van der Waals surface area contributed by atoms with E-state index in [0.717, 1.165) is 37.7 Å². The van der Waals surface area contributed by atoms with Gasteiger partial charge in [-0.25, -0.2) is 4.79 Å². The summed E-state index contributed by atoms with van der Waals surface area (Å²) in [6.45, 7) is 8.41. The number of thiophene rings is 1. The Hall–Kier alpha value is -1.17. The molecule has 19 heavy (non-hydrogen) atoms. The molecule has 1 aromatic rings. The summed E-state index contributed by atoms with van der Waals surface area (Å²) in [4.78, 5) is 15.0. The summed E-state index contributed by atoms with van der Waals surface area (Å²) >= 11 is 1.63. The fourth-order valence-electron chi connectivity index (χ4n) is 1.63. The van der Waals surface area contributed by atoms with Crippen LogP contribution in [0.1, 0.15) is 23.6 Å². The van der Waals surface area contributed by atoms with E-state index >= 15 is 0 Å². The second kappa shape index (κ2) is 8.85. The minimum atomic E-state index is -0.915. The Kier molecular flexibility index (Phi) is 7.40. The number of carboxylic acid groups (broad SMARTS) is 1. The number of hydrogen-bond donors (Lipinski definition) is 1. The van der Waals surface area contributed by atoms with Crippen LogP contribution in [0.3, 0.4) is 0 Å². The van der Waals surface area contributed by atoms with Gasteiger partial charge in [0.05, 0.1) is 6.61 Å². The van der Waals surface area contributed by atoms with E-state index in [9.17, 15) is 4.79 Å². The van der Waals surface area contributed by atoms with E-state index in [1.165, 1.54) is 11.0 Å². The molecule has 0 bridgehead atoms. The Balaban J connectivity index is 2.48.